The van der Waals surface area contributed by atoms with Crippen molar-refractivity contribution in [3.05, 3.63) is 45.9 Å². The summed E-state index contributed by atoms with van der Waals surface area (Å²) in [5, 5.41) is 2.61. The van der Waals surface area contributed by atoms with Crippen LogP contribution in [0.4, 0.5) is 5.69 Å². The quantitative estimate of drug-likeness (QED) is 0.690. The van der Waals surface area contributed by atoms with Crippen LogP contribution in [0.25, 0.3) is 18.2 Å². The zero-order chi connectivity index (χ0) is 15.0. The summed E-state index contributed by atoms with van der Waals surface area (Å²) >= 11 is 0. The third-order valence-corrected chi connectivity index (χ3v) is 4.04. The molecule has 0 amide bonds. The van der Waals surface area contributed by atoms with Gasteiger partial charge in [-0.05, 0) is 22.3 Å². The van der Waals surface area contributed by atoms with Crippen LogP contribution in [0.3, 0.4) is 0 Å². The van der Waals surface area contributed by atoms with E-state index < -0.39 is 0 Å². The molecular weight excluding hydrogens is 254 g/mol. The van der Waals surface area contributed by atoms with Crippen molar-refractivity contribution in [1.82, 2.24) is 0 Å². The molecule has 21 heavy (non-hydrogen) atoms. The number of nitrogens with zero attached hydrogens (tertiary/aromatic N) is 1. The SMILES string of the molecule is CC(C)c1c2c(cc3c1=CC[C-]=CC=3)C=CC(C)(C)C=N2. The van der Waals surface area contributed by atoms with Gasteiger partial charge < -0.3 is 0 Å². The molecule has 0 atom stereocenters. The molecule has 0 fully saturated rings. The van der Waals surface area contributed by atoms with E-state index >= 15 is 0 Å². The molecule has 0 bridgehead atoms. The van der Waals surface area contributed by atoms with Crippen molar-refractivity contribution >= 4 is 30.1 Å². The Kier molecular flexibility index (Phi) is 3.44. The molecule has 0 aromatic heterocycles. The third-order valence-electron chi connectivity index (χ3n) is 4.04. The first-order valence-corrected chi connectivity index (χ1v) is 7.66. The van der Waals surface area contributed by atoms with E-state index in [1.165, 1.54) is 21.6 Å². The minimum Gasteiger partial charge on any atom is -0.271 e. The van der Waals surface area contributed by atoms with Gasteiger partial charge in [0.2, 0.25) is 0 Å². The van der Waals surface area contributed by atoms with Gasteiger partial charge in [0.05, 0.1) is 5.69 Å². The summed E-state index contributed by atoms with van der Waals surface area (Å²) in [6.45, 7) is 8.88. The number of fused-ring (bicyclic) bond motifs is 2. The molecule has 108 valence electrons. The van der Waals surface area contributed by atoms with Crippen molar-refractivity contribution in [1.29, 1.82) is 0 Å². The summed E-state index contributed by atoms with van der Waals surface area (Å²) in [5.74, 6) is 0.447. The van der Waals surface area contributed by atoms with Crippen LogP contribution in [-0.4, -0.2) is 6.21 Å². The molecule has 0 N–H and O–H groups in total. The number of aliphatic imine (C=N–C) groups is 1. The molecule has 1 nitrogen and oxygen atoms in total. The van der Waals surface area contributed by atoms with E-state index in [2.05, 4.69) is 70.4 Å². The van der Waals surface area contributed by atoms with E-state index in [0.29, 0.717) is 5.92 Å². The first-order chi connectivity index (χ1) is 9.98. The van der Waals surface area contributed by atoms with Gasteiger partial charge in [0.1, 0.15) is 0 Å². The van der Waals surface area contributed by atoms with E-state index in [1.807, 2.05) is 6.08 Å². The number of rotatable bonds is 1. The van der Waals surface area contributed by atoms with Crippen LogP contribution in [0.1, 0.15) is 51.2 Å². The lowest BCUT2D eigenvalue weighted by Crippen LogP contribution is -2.29. The molecule has 1 aliphatic carbocycles. The minimum absolute atomic E-state index is 0.00573. The van der Waals surface area contributed by atoms with Gasteiger partial charge in [-0.2, -0.15) is 0 Å². The maximum Gasteiger partial charge on any atom is 0.0738 e. The highest BCUT2D eigenvalue weighted by molar-refractivity contribution is 5.82. The third kappa shape index (κ3) is 2.65. The molecule has 0 saturated heterocycles. The van der Waals surface area contributed by atoms with Gasteiger partial charge in [-0.25, -0.2) is 12.2 Å². The molecular formula is C20H22N-. The molecule has 0 unspecified atom stereocenters. The molecule has 3 rings (SSSR count). The Morgan fingerprint density at radius 3 is 2.86 bits per heavy atom. The Morgan fingerprint density at radius 2 is 2.10 bits per heavy atom. The van der Waals surface area contributed by atoms with Crippen LogP contribution in [-0.2, 0) is 0 Å². The second kappa shape index (κ2) is 5.14. The zero-order valence-electron chi connectivity index (χ0n) is 13.3. The second-order valence-corrected chi connectivity index (χ2v) is 6.74. The van der Waals surface area contributed by atoms with E-state index in [0.717, 1.165) is 12.1 Å². The van der Waals surface area contributed by atoms with Crippen LogP contribution < -0.4 is 10.4 Å². The lowest BCUT2D eigenvalue weighted by molar-refractivity contribution is 0.699. The number of allylic oxidation sites excluding steroid dienone is 3. The van der Waals surface area contributed by atoms with Crippen LogP contribution in [0, 0.1) is 11.5 Å². The van der Waals surface area contributed by atoms with Gasteiger partial charge in [0.15, 0.2) is 0 Å². The Balaban J connectivity index is 2.40. The average molecular weight is 276 g/mol. The minimum atomic E-state index is 0.00573. The van der Waals surface area contributed by atoms with Gasteiger partial charge in [0.25, 0.3) is 0 Å². The molecule has 1 aromatic rings. The second-order valence-electron chi connectivity index (χ2n) is 6.74. The van der Waals surface area contributed by atoms with E-state index in [9.17, 15) is 0 Å². The average Bonchev–Trinajstić information content (AvgIpc) is 2.73. The van der Waals surface area contributed by atoms with E-state index in [-0.39, 0.29) is 5.41 Å². The molecule has 1 heterocycles. The fraction of sp³-hybridized carbons (Fsp3) is 0.350. The molecule has 1 heteroatoms. The first-order valence-electron chi connectivity index (χ1n) is 7.66. The lowest BCUT2D eigenvalue weighted by Gasteiger charge is -2.15. The van der Waals surface area contributed by atoms with Gasteiger partial charge in [-0.3, -0.25) is 11.1 Å². The fourth-order valence-electron chi connectivity index (χ4n) is 2.93. The largest absolute Gasteiger partial charge is 0.271 e. The van der Waals surface area contributed by atoms with Crippen molar-refractivity contribution in [3.63, 3.8) is 0 Å². The summed E-state index contributed by atoms with van der Waals surface area (Å²) in [5.41, 5.74) is 3.72. The highest BCUT2D eigenvalue weighted by Gasteiger charge is 2.18. The Hall–Kier alpha value is -1.89. The summed E-state index contributed by atoms with van der Waals surface area (Å²) in [6.07, 6.45) is 17.2. The molecule has 2 aliphatic rings. The predicted octanol–water partition coefficient (Wildman–Crippen LogP) is 3.89. The maximum absolute atomic E-state index is 4.85. The fourth-order valence-corrected chi connectivity index (χ4v) is 2.93. The van der Waals surface area contributed by atoms with Gasteiger partial charge in [-0.1, -0.05) is 63.6 Å². The summed E-state index contributed by atoms with van der Waals surface area (Å²) in [4.78, 5) is 4.85. The Labute approximate surface area is 127 Å². The van der Waals surface area contributed by atoms with Crippen molar-refractivity contribution in [2.75, 3.05) is 0 Å². The van der Waals surface area contributed by atoms with E-state index in [1.54, 1.807) is 0 Å². The summed E-state index contributed by atoms with van der Waals surface area (Å²) < 4.78 is 0. The molecule has 0 saturated carbocycles. The first kappa shape index (κ1) is 14.1. The zero-order valence-corrected chi connectivity index (χ0v) is 13.3. The highest BCUT2D eigenvalue weighted by Crippen LogP contribution is 2.32. The molecule has 0 spiro atoms. The monoisotopic (exact) mass is 276 g/mol. The van der Waals surface area contributed by atoms with Crippen LogP contribution in [0.15, 0.2) is 23.2 Å². The number of hydrogen-bond acceptors (Lipinski definition) is 1. The van der Waals surface area contributed by atoms with E-state index in [4.69, 9.17) is 4.99 Å². The lowest BCUT2D eigenvalue weighted by atomic mass is 9.92. The highest BCUT2D eigenvalue weighted by atomic mass is 14.7. The predicted molar refractivity (Wildman–Crippen MR) is 92.1 cm³/mol. The van der Waals surface area contributed by atoms with Gasteiger partial charge >= 0.3 is 0 Å². The number of benzene rings is 1. The normalized spacial score (nSPS) is 18.3. The van der Waals surface area contributed by atoms with Gasteiger partial charge in [0, 0.05) is 11.6 Å². The van der Waals surface area contributed by atoms with Crippen LogP contribution >= 0.6 is 0 Å². The van der Waals surface area contributed by atoms with Crippen molar-refractivity contribution in [2.45, 2.75) is 40.0 Å². The Bertz CT molecular complexity index is 771. The van der Waals surface area contributed by atoms with Crippen molar-refractivity contribution in [2.24, 2.45) is 10.4 Å². The summed E-state index contributed by atoms with van der Waals surface area (Å²) in [6, 6.07) is 2.26. The van der Waals surface area contributed by atoms with Crippen LogP contribution in [0.5, 0.6) is 0 Å². The summed E-state index contributed by atoms with van der Waals surface area (Å²) in [7, 11) is 0. The van der Waals surface area contributed by atoms with Crippen molar-refractivity contribution < 1.29 is 0 Å². The van der Waals surface area contributed by atoms with Crippen LogP contribution in [0.2, 0.25) is 0 Å². The van der Waals surface area contributed by atoms with Gasteiger partial charge in [-0.15, -0.1) is 0 Å². The molecule has 1 aromatic carbocycles. The molecule has 0 radical (unpaired) electrons. The Morgan fingerprint density at radius 1 is 1.29 bits per heavy atom. The van der Waals surface area contributed by atoms with Crippen molar-refractivity contribution in [3.8, 4) is 0 Å². The smallest absolute Gasteiger partial charge is 0.0738 e. The topological polar surface area (TPSA) is 12.4 Å². The molecule has 1 aliphatic heterocycles. The standard InChI is InChI=1S/C20H22N/c1-14(2)18-17-9-7-5-6-8-15(17)12-16-10-11-20(3,4)13-21-19(16)18/h6,8-14H,7H2,1-4H3/q-1. The number of hydrogen-bond donors (Lipinski definition) is 0. The maximum atomic E-state index is 4.85.